The van der Waals surface area contributed by atoms with Crippen LogP contribution in [0.4, 0.5) is 0 Å². The second kappa shape index (κ2) is 4.67. The van der Waals surface area contributed by atoms with Gasteiger partial charge >= 0.3 is 0 Å². The first-order valence-corrected chi connectivity index (χ1v) is 5.48. The van der Waals surface area contributed by atoms with Crippen molar-refractivity contribution in [3.8, 4) is 0 Å². The molecule has 2 aromatic rings. The van der Waals surface area contributed by atoms with E-state index in [1.807, 2.05) is 60.7 Å². The molecule has 0 saturated heterocycles. The third-order valence-corrected chi connectivity index (χ3v) is 2.84. The Bertz CT molecular complexity index is 468. The predicted octanol–water partition coefficient (Wildman–Crippen LogP) is 1.49. The fourth-order valence-corrected chi connectivity index (χ4v) is 1.80. The highest BCUT2D eigenvalue weighted by Crippen LogP contribution is 2.27. The van der Waals surface area contributed by atoms with E-state index in [2.05, 4.69) is 0 Å². The first-order chi connectivity index (χ1) is 8.12. The second-order valence-corrected chi connectivity index (χ2v) is 4.11. The Kier molecular flexibility index (Phi) is 3.24. The molecule has 2 aromatic carbocycles. The Hall–Kier alpha value is -1.68. The van der Waals surface area contributed by atoms with Crippen molar-refractivity contribution in [2.75, 3.05) is 0 Å². The molecule has 0 fully saturated rings. The maximum atomic E-state index is 10.3. The molecular weight excluding hydrogens is 212 g/mol. The zero-order chi connectivity index (χ0) is 12.3. The predicted molar refractivity (Wildman–Crippen MR) is 67.9 cm³/mol. The number of aliphatic hydroxyl groups is 1. The number of nitrogens with two attached hydrogens (primary N) is 2. The molecule has 0 aliphatic carbocycles. The third kappa shape index (κ3) is 2.36. The molecule has 0 aromatic heterocycles. The SMILES string of the molecule is NC(N)(c1ccccc1)C(O)c1ccccc1. The van der Waals surface area contributed by atoms with Crippen molar-refractivity contribution >= 4 is 0 Å². The Morgan fingerprint density at radius 2 is 1.29 bits per heavy atom. The van der Waals surface area contributed by atoms with Crippen LogP contribution >= 0.6 is 0 Å². The summed E-state index contributed by atoms with van der Waals surface area (Å²) in [4.78, 5) is 0. The standard InChI is InChI=1S/C14H16N2O/c15-14(16,12-9-5-2-6-10-12)13(17)11-7-3-1-4-8-11/h1-10,13,17H,15-16H2. The van der Waals surface area contributed by atoms with Crippen molar-refractivity contribution in [2.45, 2.75) is 11.8 Å². The lowest BCUT2D eigenvalue weighted by molar-refractivity contribution is 0.0858. The number of hydrogen-bond donors (Lipinski definition) is 3. The quantitative estimate of drug-likeness (QED) is 0.697. The Labute approximate surface area is 101 Å². The number of rotatable bonds is 3. The average Bonchev–Trinajstić information content (AvgIpc) is 2.40. The summed E-state index contributed by atoms with van der Waals surface area (Å²) in [5.74, 6) is 0. The van der Waals surface area contributed by atoms with E-state index in [1.165, 1.54) is 0 Å². The van der Waals surface area contributed by atoms with Crippen molar-refractivity contribution in [3.63, 3.8) is 0 Å². The van der Waals surface area contributed by atoms with Crippen molar-refractivity contribution in [1.82, 2.24) is 0 Å². The molecule has 88 valence electrons. The maximum Gasteiger partial charge on any atom is 0.121 e. The Balaban J connectivity index is 2.33. The summed E-state index contributed by atoms with van der Waals surface area (Å²) < 4.78 is 0. The van der Waals surface area contributed by atoms with Gasteiger partial charge in [-0.1, -0.05) is 60.7 Å². The number of aliphatic hydroxyl groups excluding tert-OH is 1. The monoisotopic (exact) mass is 228 g/mol. The lowest BCUT2D eigenvalue weighted by Gasteiger charge is -2.31. The fraction of sp³-hybridized carbons (Fsp3) is 0.143. The lowest BCUT2D eigenvalue weighted by atomic mass is 9.91. The van der Waals surface area contributed by atoms with Gasteiger partial charge in [0.25, 0.3) is 0 Å². The molecule has 3 nitrogen and oxygen atoms in total. The van der Waals surface area contributed by atoms with Gasteiger partial charge in [-0.3, -0.25) is 0 Å². The van der Waals surface area contributed by atoms with Gasteiger partial charge < -0.3 is 16.6 Å². The summed E-state index contributed by atoms with van der Waals surface area (Å²) >= 11 is 0. The van der Waals surface area contributed by atoms with Crippen molar-refractivity contribution in [3.05, 3.63) is 71.8 Å². The normalized spacial score (nSPS) is 13.4. The molecule has 0 bridgehead atoms. The smallest absolute Gasteiger partial charge is 0.121 e. The molecule has 1 atom stereocenters. The van der Waals surface area contributed by atoms with Crippen LogP contribution in [0.5, 0.6) is 0 Å². The molecule has 0 amide bonds. The largest absolute Gasteiger partial charge is 0.385 e. The van der Waals surface area contributed by atoms with Gasteiger partial charge in [-0.25, -0.2) is 0 Å². The zero-order valence-electron chi connectivity index (χ0n) is 9.45. The van der Waals surface area contributed by atoms with E-state index < -0.39 is 11.8 Å². The van der Waals surface area contributed by atoms with E-state index in [0.717, 1.165) is 0 Å². The fourth-order valence-electron chi connectivity index (χ4n) is 1.80. The zero-order valence-corrected chi connectivity index (χ0v) is 9.45. The first kappa shape index (κ1) is 11.8. The molecule has 1 unspecified atom stereocenters. The van der Waals surface area contributed by atoms with Crippen LogP contribution in [0.3, 0.4) is 0 Å². The van der Waals surface area contributed by atoms with Gasteiger partial charge in [0, 0.05) is 0 Å². The highest BCUT2D eigenvalue weighted by Gasteiger charge is 2.32. The summed E-state index contributed by atoms with van der Waals surface area (Å²) in [5, 5.41) is 10.3. The summed E-state index contributed by atoms with van der Waals surface area (Å²) in [7, 11) is 0. The van der Waals surface area contributed by atoms with Crippen molar-refractivity contribution in [1.29, 1.82) is 0 Å². The maximum absolute atomic E-state index is 10.3. The molecule has 0 aliphatic heterocycles. The van der Waals surface area contributed by atoms with Crippen molar-refractivity contribution in [2.24, 2.45) is 11.5 Å². The van der Waals surface area contributed by atoms with Crippen LogP contribution in [0.2, 0.25) is 0 Å². The minimum absolute atomic E-state index is 0.705. The van der Waals surface area contributed by atoms with Crippen LogP contribution in [-0.4, -0.2) is 5.11 Å². The van der Waals surface area contributed by atoms with E-state index in [9.17, 15) is 5.11 Å². The van der Waals surface area contributed by atoms with E-state index in [4.69, 9.17) is 11.5 Å². The van der Waals surface area contributed by atoms with Gasteiger partial charge in [0.1, 0.15) is 11.8 Å². The summed E-state index contributed by atoms with van der Waals surface area (Å²) in [6, 6.07) is 18.4. The van der Waals surface area contributed by atoms with E-state index in [1.54, 1.807) is 0 Å². The summed E-state index contributed by atoms with van der Waals surface area (Å²) in [6.07, 6.45) is -0.939. The average molecular weight is 228 g/mol. The molecule has 0 spiro atoms. The summed E-state index contributed by atoms with van der Waals surface area (Å²) in [5.41, 5.74) is 12.2. The topological polar surface area (TPSA) is 72.3 Å². The molecule has 0 aliphatic rings. The van der Waals surface area contributed by atoms with Gasteiger partial charge in [-0.05, 0) is 11.1 Å². The van der Waals surface area contributed by atoms with E-state index in [0.29, 0.717) is 11.1 Å². The van der Waals surface area contributed by atoms with Gasteiger partial charge in [0.2, 0.25) is 0 Å². The number of benzene rings is 2. The van der Waals surface area contributed by atoms with E-state index in [-0.39, 0.29) is 0 Å². The molecule has 0 saturated carbocycles. The van der Waals surface area contributed by atoms with Crippen LogP contribution in [-0.2, 0) is 5.66 Å². The van der Waals surface area contributed by atoms with Crippen LogP contribution < -0.4 is 11.5 Å². The van der Waals surface area contributed by atoms with Gasteiger partial charge in [0.15, 0.2) is 0 Å². The Morgan fingerprint density at radius 1 is 0.824 bits per heavy atom. The van der Waals surface area contributed by atoms with Crippen LogP contribution in [0.15, 0.2) is 60.7 Å². The van der Waals surface area contributed by atoms with E-state index >= 15 is 0 Å². The highest BCUT2D eigenvalue weighted by atomic mass is 16.3. The first-order valence-electron chi connectivity index (χ1n) is 5.48. The van der Waals surface area contributed by atoms with Crippen LogP contribution in [0.25, 0.3) is 0 Å². The van der Waals surface area contributed by atoms with Gasteiger partial charge in [0.05, 0.1) is 0 Å². The third-order valence-electron chi connectivity index (χ3n) is 2.84. The Morgan fingerprint density at radius 3 is 1.82 bits per heavy atom. The molecule has 2 rings (SSSR count). The van der Waals surface area contributed by atoms with Gasteiger partial charge in [-0.2, -0.15) is 0 Å². The van der Waals surface area contributed by atoms with Crippen molar-refractivity contribution < 1.29 is 5.11 Å². The molecule has 0 heterocycles. The highest BCUT2D eigenvalue weighted by molar-refractivity contribution is 5.29. The number of hydrogen-bond acceptors (Lipinski definition) is 3. The lowest BCUT2D eigenvalue weighted by Crippen LogP contribution is -2.51. The minimum atomic E-state index is -1.29. The molecule has 0 radical (unpaired) electrons. The van der Waals surface area contributed by atoms with Gasteiger partial charge in [-0.15, -0.1) is 0 Å². The second-order valence-electron chi connectivity index (χ2n) is 4.11. The molecular formula is C14H16N2O. The molecule has 17 heavy (non-hydrogen) atoms. The molecule has 3 heteroatoms. The minimum Gasteiger partial charge on any atom is -0.385 e. The summed E-state index contributed by atoms with van der Waals surface area (Å²) in [6.45, 7) is 0. The van der Waals surface area contributed by atoms with Crippen LogP contribution in [0.1, 0.15) is 17.2 Å². The van der Waals surface area contributed by atoms with Crippen LogP contribution in [0, 0.1) is 0 Å². The molecule has 5 N–H and O–H groups in total.